The van der Waals surface area contributed by atoms with Crippen LogP contribution in [0.1, 0.15) is 19.3 Å². The van der Waals surface area contributed by atoms with Crippen LogP contribution in [0.3, 0.4) is 0 Å². The van der Waals surface area contributed by atoms with Crippen LogP contribution in [0, 0.1) is 10.1 Å². The number of imidazole rings is 1. The Morgan fingerprint density at radius 1 is 1.45 bits per heavy atom. The van der Waals surface area contributed by atoms with Crippen molar-refractivity contribution in [1.82, 2.24) is 15.3 Å². The Morgan fingerprint density at radius 2 is 2.35 bits per heavy atom. The summed E-state index contributed by atoms with van der Waals surface area (Å²) >= 11 is 0. The molecule has 0 amide bonds. The van der Waals surface area contributed by atoms with Crippen LogP contribution in [0.2, 0.25) is 0 Å². The molecule has 1 unspecified atom stereocenters. The standard InChI is InChI=1S/C13H16N4O3/c18-17(19)10-4-5-11-12(7-10)16-13(15-11)20-8-9-3-1-2-6-14-9/h4-5,7,9,14H,1-3,6,8H2,(H,15,16). The molecule has 7 nitrogen and oxygen atoms in total. The number of rotatable bonds is 4. The van der Waals surface area contributed by atoms with Gasteiger partial charge in [0.05, 0.1) is 16.0 Å². The Labute approximate surface area is 115 Å². The first kappa shape index (κ1) is 12.9. The van der Waals surface area contributed by atoms with Crippen molar-refractivity contribution in [2.24, 2.45) is 0 Å². The van der Waals surface area contributed by atoms with Crippen molar-refractivity contribution >= 4 is 16.7 Å². The summed E-state index contributed by atoms with van der Waals surface area (Å²) in [5.74, 6) is 0. The van der Waals surface area contributed by atoms with E-state index in [0.717, 1.165) is 13.0 Å². The second kappa shape index (κ2) is 5.46. The van der Waals surface area contributed by atoms with Crippen LogP contribution in [0.15, 0.2) is 18.2 Å². The highest BCUT2D eigenvalue weighted by atomic mass is 16.6. The first-order chi connectivity index (χ1) is 9.72. The van der Waals surface area contributed by atoms with Crippen LogP contribution in [-0.2, 0) is 0 Å². The minimum Gasteiger partial charge on any atom is -0.463 e. The predicted molar refractivity (Wildman–Crippen MR) is 73.9 cm³/mol. The highest BCUT2D eigenvalue weighted by Crippen LogP contribution is 2.21. The zero-order valence-electron chi connectivity index (χ0n) is 11.0. The maximum Gasteiger partial charge on any atom is 0.294 e. The number of nitro groups is 1. The topological polar surface area (TPSA) is 93.1 Å². The third-order valence-electron chi connectivity index (χ3n) is 3.49. The lowest BCUT2D eigenvalue weighted by molar-refractivity contribution is -0.384. The Bertz CT molecular complexity index is 619. The minimum absolute atomic E-state index is 0.0432. The smallest absolute Gasteiger partial charge is 0.294 e. The lowest BCUT2D eigenvalue weighted by Crippen LogP contribution is -2.38. The van der Waals surface area contributed by atoms with Crippen LogP contribution in [0.5, 0.6) is 6.01 Å². The fourth-order valence-electron chi connectivity index (χ4n) is 2.40. The van der Waals surface area contributed by atoms with Gasteiger partial charge in [0.2, 0.25) is 0 Å². The molecule has 2 aromatic rings. The van der Waals surface area contributed by atoms with E-state index < -0.39 is 4.92 Å². The number of benzene rings is 1. The number of nitro benzene ring substituents is 1. The molecule has 0 aliphatic carbocycles. The number of nitrogens with zero attached hydrogens (tertiary/aromatic N) is 2. The Hall–Kier alpha value is -2.15. The molecule has 0 bridgehead atoms. The SMILES string of the molecule is O=[N+]([O-])c1ccc2nc(OCC3CCCCN3)[nH]c2c1. The van der Waals surface area contributed by atoms with E-state index in [1.54, 1.807) is 6.07 Å². The summed E-state index contributed by atoms with van der Waals surface area (Å²) in [5, 5.41) is 14.1. The van der Waals surface area contributed by atoms with E-state index in [1.165, 1.54) is 25.0 Å². The van der Waals surface area contributed by atoms with E-state index in [2.05, 4.69) is 15.3 Å². The number of hydrogen-bond acceptors (Lipinski definition) is 5. The average molecular weight is 276 g/mol. The van der Waals surface area contributed by atoms with Gasteiger partial charge in [0.15, 0.2) is 0 Å². The number of hydrogen-bond donors (Lipinski definition) is 2. The predicted octanol–water partition coefficient (Wildman–Crippen LogP) is 1.99. The molecule has 2 N–H and O–H groups in total. The van der Waals surface area contributed by atoms with E-state index in [9.17, 15) is 10.1 Å². The van der Waals surface area contributed by atoms with Gasteiger partial charge in [0.25, 0.3) is 11.7 Å². The molecule has 0 spiro atoms. The van der Waals surface area contributed by atoms with Crippen molar-refractivity contribution < 1.29 is 9.66 Å². The van der Waals surface area contributed by atoms with Gasteiger partial charge in [0.1, 0.15) is 6.61 Å². The normalized spacial score (nSPS) is 19.1. The average Bonchev–Trinajstić information content (AvgIpc) is 2.88. The van der Waals surface area contributed by atoms with Gasteiger partial charge in [-0.3, -0.25) is 10.1 Å². The van der Waals surface area contributed by atoms with Gasteiger partial charge in [-0.1, -0.05) is 6.42 Å². The summed E-state index contributed by atoms with van der Waals surface area (Å²) in [6.07, 6.45) is 3.53. The van der Waals surface area contributed by atoms with E-state index in [1.807, 2.05) is 0 Å². The molecule has 1 fully saturated rings. The van der Waals surface area contributed by atoms with Crippen LogP contribution < -0.4 is 10.1 Å². The van der Waals surface area contributed by atoms with Crippen molar-refractivity contribution in [2.45, 2.75) is 25.3 Å². The number of aromatic nitrogens is 2. The molecule has 1 aromatic heterocycles. The molecular weight excluding hydrogens is 260 g/mol. The number of nitrogens with one attached hydrogen (secondary N) is 2. The summed E-state index contributed by atoms with van der Waals surface area (Å²) in [6.45, 7) is 1.59. The fraction of sp³-hybridized carbons (Fsp3) is 0.462. The molecule has 1 aromatic carbocycles. The molecule has 1 aliphatic heterocycles. The first-order valence-electron chi connectivity index (χ1n) is 6.73. The Kier molecular flexibility index (Phi) is 3.51. The summed E-state index contributed by atoms with van der Waals surface area (Å²) in [5.41, 5.74) is 1.33. The first-order valence-corrected chi connectivity index (χ1v) is 6.73. The van der Waals surface area contributed by atoms with Gasteiger partial charge in [0, 0.05) is 18.2 Å². The Morgan fingerprint density at radius 3 is 3.10 bits per heavy atom. The third kappa shape index (κ3) is 2.72. The van der Waals surface area contributed by atoms with Crippen molar-refractivity contribution in [1.29, 1.82) is 0 Å². The molecule has 7 heteroatoms. The molecular formula is C13H16N4O3. The van der Waals surface area contributed by atoms with E-state index >= 15 is 0 Å². The van der Waals surface area contributed by atoms with Gasteiger partial charge in [-0.25, -0.2) is 0 Å². The molecule has 1 atom stereocenters. The van der Waals surface area contributed by atoms with Crippen LogP contribution >= 0.6 is 0 Å². The van der Waals surface area contributed by atoms with Crippen molar-refractivity contribution in [2.75, 3.05) is 13.2 Å². The maximum absolute atomic E-state index is 10.7. The van der Waals surface area contributed by atoms with Gasteiger partial charge >= 0.3 is 0 Å². The molecule has 106 valence electrons. The van der Waals surface area contributed by atoms with Gasteiger partial charge in [-0.05, 0) is 25.5 Å². The zero-order valence-corrected chi connectivity index (χ0v) is 11.0. The second-order valence-electron chi connectivity index (χ2n) is 4.96. The van der Waals surface area contributed by atoms with E-state index in [4.69, 9.17) is 4.74 Å². The molecule has 3 rings (SSSR count). The van der Waals surface area contributed by atoms with Gasteiger partial charge in [-0.15, -0.1) is 0 Å². The largest absolute Gasteiger partial charge is 0.463 e. The van der Waals surface area contributed by atoms with Crippen LogP contribution in [-0.4, -0.2) is 34.1 Å². The zero-order chi connectivity index (χ0) is 13.9. The number of H-pyrrole nitrogens is 1. The molecule has 0 saturated carbocycles. The van der Waals surface area contributed by atoms with Crippen molar-refractivity contribution in [3.63, 3.8) is 0 Å². The fourth-order valence-corrected chi connectivity index (χ4v) is 2.40. The van der Waals surface area contributed by atoms with Crippen molar-refractivity contribution in [3.8, 4) is 6.01 Å². The van der Waals surface area contributed by atoms with Crippen molar-refractivity contribution in [3.05, 3.63) is 28.3 Å². The molecule has 1 saturated heterocycles. The third-order valence-corrected chi connectivity index (χ3v) is 3.49. The molecule has 1 aliphatic rings. The quantitative estimate of drug-likeness (QED) is 0.658. The molecule has 20 heavy (non-hydrogen) atoms. The van der Waals surface area contributed by atoms with Crippen LogP contribution in [0.4, 0.5) is 5.69 Å². The van der Waals surface area contributed by atoms with E-state index in [-0.39, 0.29) is 5.69 Å². The monoisotopic (exact) mass is 276 g/mol. The van der Waals surface area contributed by atoms with Gasteiger partial charge in [-0.2, -0.15) is 4.98 Å². The number of aromatic amines is 1. The summed E-state index contributed by atoms with van der Waals surface area (Å²) in [7, 11) is 0. The summed E-state index contributed by atoms with van der Waals surface area (Å²) in [4.78, 5) is 17.5. The highest BCUT2D eigenvalue weighted by molar-refractivity contribution is 5.78. The summed E-state index contributed by atoms with van der Waals surface area (Å²) < 4.78 is 5.63. The number of fused-ring (bicyclic) bond motifs is 1. The van der Waals surface area contributed by atoms with Crippen LogP contribution in [0.25, 0.3) is 11.0 Å². The van der Waals surface area contributed by atoms with Gasteiger partial charge < -0.3 is 15.0 Å². The molecule has 2 heterocycles. The lowest BCUT2D eigenvalue weighted by atomic mass is 10.1. The maximum atomic E-state index is 10.7. The molecule has 0 radical (unpaired) electrons. The number of non-ortho nitro benzene ring substituents is 1. The minimum atomic E-state index is -0.424. The second-order valence-corrected chi connectivity index (χ2v) is 4.96. The lowest BCUT2D eigenvalue weighted by Gasteiger charge is -2.22. The highest BCUT2D eigenvalue weighted by Gasteiger charge is 2.15. The number of piperidine rings is 1. The Balaban J connectivity index is 1.70. The van der Waals surface area contributed by atoms with E-state index in [0.29, 0.717) is 29.7 Å². The number of ether oxygens (including phenoxy) is 1. The summed E-state index contributed by atoms with van der Waals surface area (Å²) in [6, 6.07) is 5.29.